The van der Waals surface area contributed by atoms with Gasteiger partial charge in [-0.15, -0.1) is 0 Å². The third-order valence-corrected chi connectivity index (χ3v) is 4.62. The Kier molecular flexibility index (Phi) is 4.97. The van der Waals surface area contributed by atoms with Gasteiger partial charge in [-0.25, -0.2) is 13.6 Å². The SMILES string of the molecule is NC[C@H]1CCC[C@H]1C(=O)Nc1ccc(CS(N)(=O)=O)cc1. The number of carbonyl (C=O) groups excluding carboxylic acids is 1. The molecule has 5 N–H and O–H groups in total. The number of hydrogen-bond donors (Lipinski definition) is 3. The topological polar surface area (TPSA) is 115 Å². The molecule has 2 atom stereocenters. The molecule has 0 aliphatic heterocycles. The molecule has 1 saturated carbocycles. The Bertz CT molecular complexity index is 598. The van der Waals surface area contributed by atoms with Gasteiger partial charge in [-0.2, -0.15) is 0 Å². The van der Waals surface area contributed by atoms with E-state index in [9.17, 15) is 13.2 Å². The monoisotopic (exact) mass is 311 g/mol. The normalized spacial score (nSPS) is 22.2. The molecule has 1 aliphatic rings. The van der Waals surface area contributed by atoms with Crippen molar-refractivity contribution in [2.24, 2.45) is 22.7 Å². The van der Waals surface area contributed by atoms with Crippen molar-refractivity contribution in [3.05, 3.63) is 29.8 Å². The predicted octanol–water partition coefficient (Wildman–Crippen LogP) is 0.789. The van der Waals surface area contributed by atoms with E-state index in [1.807, 2.05) is 0 Å². The van der Waals surface area contributed by atoms with E-state index in [-0.39, 0.29) is 23.5 Å². The van der Waals surface area contributed by atoms with Gasteiger partial charge in [-0.3, -0.25) is 4.79 Å². The van der Waals surface area contributed by atoms with Gasteiger partial charge in [-0.1, -0.05) is 18.6 Å². The van der Waals surface area contributed by atoms with Gasteiger partial charge in [0, 0.05) is 11.6 Å². The van der Waals surface area contributed by atoms with E-state index in [2.05, 4.69) is 5.32 Å². The van der Waals surface area contributed by atoms with Crippen molar-refractivity contribution in [3.63, 3.8) is 0 Å². The molecule has 1 fully saturated rings. The van der Waals surface area contributed by atoms with Gasteiger partial charge in [0.25, 0.3) is 0 Å². The molecule has 0 heterocycles. The maximum atomic E-state index is 12.2. The largest absolute Gasteiger partial charge is 0.330 e. The first-order valence-corrected chi connectivity index (χ1v) is 8.71. The molecule has 0 aromatic heterocycles. The second-order valence-electron chi connectivity index (χ2n) is 5.53. The summed E-state index contributed by atoms with van der Waals surface area (Å²) in [6.07, 6.45) is 2.91. The lowest BCUT2D eigenvalue weighted by atomic mass is 9.95. The smallest absolute Gasteiger partial charge is 0.227 e. The van der Waals surface area contributed by atoms with E-state index < -0.39 is 10.0 Å². The second-order valence-corrected chi connectivity index (χ2v) is 7.14. The number of hydrogen-bond acceptors (Lipinski definition) is 4. The average Bonchev–Trinajstić information content (AvgIpc) is 2.87. The highest BCUT2D eigenvalue weighted by Crippen LogP contribution is 2.31. The summed E-state index contributed by atoms with van der Waals surface area (Å²) in [6, 6.07) is 6.67. The Morgan fingerprint density at radius 2 is 1.90 bits per heavy atom. The lowest BCUT2D eigenvalue weighted by molar-refractivity contribution is -0.120. The van der Waals surface area contributed by atoms with Crippen LogP contribution in [0.3, 0.4) is 0 Å². The van der Waals surface area contributed by atoms with Crippen LogP contribution in [0.25, 0.3) is 0 Å². The highest BCUT2D eigenvalue weighted by Gasteiger charge is 2.31. The molecule has 0 spiro atoms. The second kappa shape index (κ2) is 6.55. The molecular weight excluding hydrogens is 290 g/mol. The zero-order valence-electron chi connectivity index (χ0n) is 11.8. The fourth-order valence-electron chi connectivity index (χ4n) is 2.82. The summed E-state index contributed by atoms with van der Waals surface area (Å²) in [5.41, 5.74) is 6.93. The molecule has 1 aliphatic carbocycles. The molecule has 2 rings (SSSR count). The Balaban J connectivity index is 1.98. The average molecular weight is 311 g/mol. The van der Waals surface area contributed by atoms with Crippen LogP contribution in [-0.4, -0.2) is 20.9 Å². The molecule has 1 aromatic carbocycles. The quantitative estimate of drug-likeness (QED) is 0.745. The minimum Gasteiger partial charge on any atom is -0.330 e. The molecule has 0 unspecified atom stereocenters. The molecule has 7 heteroatoms. The number of anilines is 1. The molecule has 116 valence electrons. The number of carbonyl (C=O) groups is 1. The minimum absolute atomic E-state index is 0.0119. The molecule has 0 radical (unpaired) electrons. The predicted molar refractivity (Wildman–Crippen MR) is 81.8 cm³/mol. The van der Waals surface area contributed by atoms with Crippen molar-refractivity contribution in [1.29, 1.82) is 0 Å². The van der Waals surface area contributed by atoms with Crippen LogP contribution in [-0.2, 0) is 20.6 Å². The zero-order valence-corrected chi connectivity index (χ0v) is 12.6. The lowest BCUT2D eigenvalue weighted by Crippen LogP contribution is -2.29. The Morgan fingerprint density at radius 3 is 2.48 bits per heavy atom. The van der Waals surface area contributed by atoms with Crippen molar-refractivity contribution >= 4 is 21.6 Å². The van der Waals surface area contributed by atoms with E-state index >= 15 is 0 Å². The molecule has 1 amide bonds. The van der Waals surface area contributed by atoms with Crippen molar-refractivity contribution in [2.75, 3.05) is 11.9 Å². The number of rotatable bonds is 5. The summed E-state index contributed by atoms with van der Waals surface area (Å²) >= 11 is 0. The Labute approximate surface area is 124 Å². The minimum atomic E-state index is -3.54. The maximum Gasteiger partial charge on any atom is 0.227 e. The van der Waals surface area contributed by atoms with Crippen molar-refractivity contribution in [3.8, 4) is 0 Å². The van der Waals surface area contributed by atoms with Crippen LogP contribution in [0, 0.1) is 11.8 Å². The fraction of sp³-hybridized carbons (Fsp3) is 0.500. The van der Waals surface area contributed by atoms with E-state index in [4.69, 9.17) is 10.9 Å². The third-order valence-electron chi connectivity index (χ3n) is 3.89. The summed E-state index contributed by atoms with van der Waals surface area (Å²) in [5, 5.41) is 7.85. The van der Waals surface area contributed by atoms with Crippen molar-refractivity contribution in [2.45, 2.75) is 25.0 Å². The summed E-state index contributed by atoms with van der Waals surface area (Å²) in [5.74, 6) is 0.00642. The van der Waals surface area contributed by atoms with Gasteiger partial charge in [0.1, 0.15) is 0 Å². The summed E-state index contributed by atoms with van der Waals surface area (Å²) in [4.78, 5) is 12.2. The summed E-state index contributed by atoms with van der Waals surface area (Å²) in [7, 11) is -3.54. The zero-order chi connectivity index (χ0) is 15.5. The van der Waals surface area contributed by atoms with Gasteiger partial charge in [0.15, 0.2) is 0 Å². The van der Waals surface area contributed by atoms with Crippen LogP contribution in [0.4, 0.5) is 5.69 Å². The summed E-state index contributed by atoms with van der Waals surface area (Å²) < 4.78 is 22.0. The van der Waals surface area contributed by atoms with Gasteiger partial charge in [-0.05, 0) is 43.0 Å². The maximum absolute atomic E-state index is 12.2. The van der Waals surface area contributed by atoms with E-state index in [1.54, 1.807) is 24.3 Å². The first-order valence-electron chi connectivity index (χ1n) is 6.99. The van der Waals surface area contributed by atoms with Gasteiger partial charge >= 0.3 is 0 Å². The van der Waals surface area contributed by atoms with Crippen LogP contribution in [0.1, 0.15) is 24.8 Å². The first-order chi connectivity index (χ1) is 9.89. The number of nitrogens with one attached hydrogen (secondary N) is 1. The van der Waals surface area contributed by atoms with Gasteiger partial charge in [0.2, 0.25) is 15.9 Å². The number of benzene rings is 1. The van der Waals surface area contributed by atoms with Crippen LogP contribution >= 0.6 is 0 Å². The van der Waals surface area contributed by atoms with E-state index in [0.717, 1.165) is 19.3 Å². The number of nitrogens with two attached hydrogens (primary N) is 2. The number of amides is 1. The van der Waals surface area contributed by atoms with Crippen LogP contribution in [0.2, 0.25) is 0 Å². The number of sulfonamides is 1. The van der Waals surface area contributed by atoms with Gasteiger partial charge in [0.05, 0.1) is 5.75 Å². The standard InChI is InChI=1S/C14H21N3O3S/c15-8-11-2-1-3-13(11)14(18)17-12-6-4-10(5-7-12)9-21(16,19)20/h4-7,11,13H,1-3,8-9,15H2,(H,17,18)(H2,16,19,20)/t11-,13-/m1/s1. The van der Waals surface area contributed by atoms with Crippen LogP contribution < -0.4 is 16.2 Å². The highest BCUT2D eigenvalue weighted by atomic mass is 32.2. The van der Waals surface area contributed by atoms with Crippen molar-refractivity contribution in [1.82, 2.24) is 0 Å². The van der Waals surface area contributed by atoms with Crippen molar-refractivity contribution < 1.29 is 13.2 Å². The van der Waals surface area contributed by atoms with E-state index in [0.29, 0.717) is 17.8 Å². The van der Waals surface area contributed by atoms with Crippen LogP contribution in [0.5, 0.6) is 0 Å². The first kappa shape index (κ1) is 15.9. The molecular formula is C14H21N3O3S. The number of primary sulfonamides is 1. The fourth-order valence-corrected chi connectivity index (χ4v) is 3.47. The van der Waals surface area contributed by atoms with Crippen LogP contribution in [0.15, 0.2) is 24.3 Å². The third kappa shape index (κ3) is 4.52. The Hall–Kier alpha value is -1.44. The molecule has 21 heavy (non-hydrogen) atoms. The summed E-state index contributed by atoms with van der Waals surface area (Å²) in [6.45, 7) is 0.533. The Morgan fingerprint density at radius 1 is 1.24 bits per heavy atom. The van der Waals surface area contributed by atoms with E-state index in [1.165, 1.54) is 0 Å². The molecule has 0 saturated heterocycles. The lowest BCUT2D eigenvalue weighted by Gasteiger charge is -2.17. The molecule has 6 nitrogen and oxygen atoms in total. The van der Waals surface area contributed by atoms with Gasteiger partial charge < -0.3 is 11.1 Å². The molecule has 0 bridgehead atoms. The highest BCUT2D eigenvalue weighted by molar-refractivity contribution is 7.88. The molecule has 1 aromatic rings.